The lowest BCUT2D eigenvalue weighted by atomic mass is 10.00. The third kappa shape index (κ3) is 2.96. The predicted molar refractivity (Wildman–Crippen MR) is 69.3 cm³/mol. The van der Waals surface area contributed by atoms with Gasteiger partial charge in [-0.1, -0.05) is 49.6 Å². The van der Waals surface area contributed by atoms with Crippen molar-refractivity contribution >= 4 is 22.5 Å². The number of hydrogen-bond donors (Lipinski definition) is 1. The molecule has 2 heteroatoms. The molecule has 14 heavy (non-hydrogen) atoms. The fourth-order valence-electron chi connectivity index (χ4n) is 1.73. The molecule has 0 saturated heterocycles. The van der Waals surface area contributed by atoms with Gasteiger partial charge in [0.15, 0.2) is 0 Å². The fourth-order valence-corrected chi connectivity index (χ4v) is 2.73. The quantitative estimate of drug-likeness (QED) is 0.568. The Morgan fingerprint density at radius 2 is 1.86 bits per heavy atom. The van der Waals surface area contributed by atoms with Crippen molar-refractivity contribution in [3.05, 3.63) is 29.3 Å². The van der Waals surface area contributed by atoms with Crippen molar-refractivity contribution < 1.29 is 0 Å². The second-order valence-corrected chi connectivity index (χ2v) is 4.66. The zero-order valence-electron chi connectivity index (χ0n) is 8.92. The van der Waals surface area contributed by atoms with E-state index in [-0.39, 0.29) is 0 Å². The standard InChI is InChI=1S/C12H18S2/c1-3-6-10-8-5-9-12(14-13)11(10)7-4-2/h5,8-9,13H,3-4,6-7H2,1-2H3. The van der Waals surface area contributed by atoms with E-state index in [0.29, 0.717) is 0 Å². The van der Waals surface area contributed by atoms with Crippen LogP contribution < -0.4 is 0 Å². The highest BCUT2D eigenvalue weighted by atomic mass is 33.1. The van der Waals surface area contributed by atoms with Crippen LogP contribution >= 0.6 is 22.5 Å². The van der Waals surface area contributed by atoms with Gasteiger partial charge in [0, 0.05) is 4.90 Å². The molecular formula is C12H18S2. The summed E-state index contributed by atoms with van der Waals surface area (Å²) < 4.78 is 0. The molecule has 0 heterocycles. The van der Waals surface area contributed by atoms with Crippen LogP contribution in [-0.4, -0.2) is 0 Å². The maximum atomic E-state index is 4.30. The van der Waals surface area contributed by atoms with Gasteiger partial charge in [-0.25, -0.2) is 0 Å². The number of rotatable bonds is 5. The highest BCUT2D eigenvalue weighted by Gasteiger charge is 2.06. The third-order valence-electron chi connectivity index (χ3n) is 2.35. The van der Waals surface area contributed by atoms with E-state index >= 15 is 0 Å². The summed E-state index contributed by atoms with van der Waals surface area (Å²) in [6, 6.07) is 6.56. The number of aryl methyl sites for hydroxylation is 1. The van der Waals surface area contributed by atoms with Gasteiger partial charge in [0.1, 0.15) is 0 Å². The lowest BCUT2D eigenvalue weighted by molar-refractivity contribution is 0.844. The Balaban J connectivity index is 3.00. The smallest absolute Gasteiger partial charge is 0.0215 e. The van der Waals surface area contributed by atoms with E-state index in [1.54, 1.807) is 10.8 Å². The molecule has 0 radical (unpaired) electrons. The Morgan fingerprint density at radius 3 is 2.43 bits per heavy atom. The topological polar surface area (TPSA) is 0 Å². The van der Waals surface area contributed by atoms with Gasteiger partial charge in [0.25, 0.3) is 0 Å². The maximum absolute atomic E-state index is 4.30. The summed E-state index contributed by atoms with van der Waals surface area (Å²) in [7, 11) is 1.57. The van der Waals surface area contributed by atoms with E-state index in [4.69, 9.17) is 0 Å². The van der Waals surface area contributed by atoms with Crippen LogP contribution in [0.15, 0.2) is 23.1 Å². The van der Waals surface area contributed by atoms with Crippen LogP contribution in [0.1, 0.15) is 37.8 Å². The van der Waals surface area contributed by atoms with E-state index in [0.717, 1.165) is 0 Å². The Bertz CT molecular complexity index is 282. The van der Waals surface area contributed by atoms with Gasteiger partial charge in [0.2, 0.25) is 0 Å². The van der Waals surface area contributed by atoms with Crippen molar-refractivity contribution in [2.24, 2.45) is 0 Å². The van der Waals surface area contributed by atoms with Gasteiger partial charge in [-0.2, -0.15) is 0 Å². The van der Waals surface area contributed by atoms with Crippen molar-refractivity contribution in [1.82, 2.24) is 0 Å². The van der Waals surface area contributed by atoms with Crippen LogP contribution in [-0.2, 0) is 12.8 Å². The molecule has 1 aromatic rings. The first-order chi connectivity index (χ1) is 6.83. The van der Waals surface area contributed by atoms with Gasteiger partial charge < -0.3 is 0 Å². The predicted octanol–water partition coefficient (Wildman–Crippen LogP) is 4.53. The molecule has 0 aliphatic rings. The van der Waals surface area contributed by atoms with Gasteiger partial charge in [-0.15, -0.1) is 11.7 Å². The molecule has 0 spiro atoms. The molecule has 0 amide bonds. The minimum atomic E-state index is 1.18. The number of hydrogen-bond acceptors (Lipinski definition) is 2. The Kier molecular flexibility index (Phi) is 5.49. The van der Waals surface area contributed by atoms with Crippen molar-refractivity contribution in [2.45, 2.75) is 44.4 Å². The minimum Gasteiger partial charge on any atom is -0.106 e. The minimum absolute atomic E-state index is 1.18. The van der Waals surface area contributed by atoms with Gasteiger partial charge >= 0.3 is 0 Å². The van der Waals surface area contributed by atoms with Crippen LogP contribution in [0.2, 0.25) is 0 Å². The molecule has 78 valence electrons. The molecule has 0 aromatic heterocycles. The summed E-state index contributed by atoms with van der Waals surface area (Å²) in [6.07, 6.45) is 4.80. The molecule has 0 aliphatic heterocycles. The Morgan fingerprint density at radius 1 is 1.14 bits per heavy atom. The fraction of sp³-hybridized carbons (Fsp3) is 0.500. The van der Waals surface area contributed by atoms with Crippen molar-refractivity contribution in [1.29, 1.82) is 0 Å². The van der Waals surface area contributed by atoms with Gasteiger partial charge in [-0.3, -0.25) is 0 Å². The van der Waals surface area contributed by atoms with Crippen molar-refractivity contribution in [3.63, 3.8) is 0 Å². The maximum Gasteiger partial charge on any atom is 0.0215 e. The van der Waals surface area contributed by atoms with Gasteiger partial charge in [0.05, 0.1) is 0 Å². The first-order valence-corrected chi connectivity index (χ1v) is 7.12. The number of benzene rings is 1. The lowest BCUT2D eigenvalue weighted by Crippen LogP contribution is -1.95. The van der Waals surface area contributed by atoms with Crippen LogP contribution in [0.25, 0.3) is 0 Å². The van der Waals surface area contributed by atoms with Crippen LogP contribution in [0.3, 0.4) is 0 Å². The van der Waals surface area contributed by atoms with E-state index in [1.165, 1.54) is 41.7 Å². The summed E-state index contributed by atoms with van der Waals surface area (Å²) in [6.45, 7) is 4.46. The van der Waals surface area contributed by atoms with Gasteiger partial charge in [-0.05, 0) is 30.0 Å². The molecule has 1 aromatic carbocycles. The molecule has 0 bridgehead atoms. The molecule has 0 aliphatic carbocycles. The molecule has 0 atom stereocenters. The Labute approximate surface area is 96.3 Å². The van der Waals surface area contributed by atoms with E-state index in [2.05, 4.69) is 43.7 Å². The van der Waals surface area contributed by atoms with E-state index < -0.39 is 0 Å². The molecular weight excluding hydrogens is 208 g/mol. The average molecular weight is 226 g/mol. The summed E-state index contributed by atoms with van der Waals surface area (Å²) in [5, 5.41) is 0. The van der Waals surface area contributed by atoms with Crippen LogP contribution in [0.4, 0.5) is 0 Å². The normalized spacial score (nSPS) is 10.5. The second-order valence-electron chi connectivity index (χ2n) is 3.49. The van der Waals surface area contributed by atoms with Crippen LogP contribution in [0, 0.1) is 0 Å². The summed E-state index contributed by atoms with van der Waals surface area (Å²) >= 11 is 4.30. The monoisotopic (exact) mass is 226 g/mol. The molecule has 0 N–H and O–H groups in total. The molecule has 0 nitrogen and oxygen atoms in total. The van der Waals surface area contributed by atoms with E-state index in [1.807, 2.05) is 0 Å². The lowest BCUT2D eigenvalue weighted by Gasteiger charge is -2.11. The van der Waals surface area contributed by atoms with E-state index in [9.17, 15) is 0 Å². The first-order valence-electron chi connectivity index (χ1n) is 5.25. The average Bonchev–Trinajstić information content (AvgIpc) is 2.21. The molecule has 0 unspecified atom stereocenters. The Hall–Kier alpha value is -0.0800. The molecule has 0 saturated carbocycles. The molecule has 0 fully saturated rings. The summed E-state index contributed by atoms with van der Waals surface area (Å²) in [5.74, 6) is 0. The molecule has 1 rings (SSSR count). The van der Waals surface area contributed by atoms with Crippen LogP contribution in [0.5, 0.6) is 0 Å². The highest BCUT2D eigenvalue weighted by Crippen LogP contribution is 2.29. The third-order valence-corrected chi connectivity index (χ3v) is 3.52. The summed E-state index contributed by atoms with van der Waals surface area (Å²) in [4.78, 5) is 1.33. The first kappa shape index (κ1) is 12.0. The zero-order chi connectivity index (χ0) is 10.4. The second kappa shape index (κ2) is 6.41. The van der Waals surface area contributed by atoms with Crippen molar-refractivity contribution in [2.75, 3.05) is 0 Å². The summed E-state index contributed by atoms with van der Waals surface area (Å²) in [5.41, 5.74) is 3.02. The zero-order valence-corrected chi connectivity index (χ0v) is 10.6. The number of thiol groups is 1. The highest BCUT2D eigenvalue weighted by molar-refractivity contribution is 8.68. The largest absolute Gasteiger partial charge is 0.106 e. The van der Waals surface area contributed by atoms with Crippen molar-refractivity contribution in [3.8, 4) is 0 Å². The SMILES string of the molecule is CCCc1cccc(SS)c1CCC.